The molecule has 0 N–H and O–H groups in total. The highest BCUT2D eigenvalue weighted by Crippen LogP contribution is 2.45. The standard InChI is InChI=1S/C9H7BrN2/c1-2-9(3-4-9)8-11-5-7(10)6-12-8/h1,5-6H,3-4H2. The molecule has 0 aromatic carbocycles. The highest BCUT2D eigenvalue weighted by atomic mass is 79.9. The second-order valence-corrected chi connectivity index (χ2v) is 3.87. The van der Waals surface area contributed by atoms with Crippen molar-refractivity contribution in [2.45, 2.75) is 18.3 Å². The van der Waals surface area contributed by atoms with Gasteiger partial charge in [-0.15, -0.1) is 6.42 Å². The maximum Gasteiger partial charge on any atom is 0.146 e. The molecule has 2 rings (SSSR count). The first kappa shape index (κ1) is 7.75. The molecule has 0 saturated heterocycles. The molecule has 0 spiro atoms. The summed E-state index contributed by atoms with van der Waals surface area (Å²) in [6.07, 6.45) is 10.9. The van der Waals surface area contributed by atoms with Crippen molar-refractivity contribution in [3.63, 3.8) is 0 Å². The third-order valence-corrected chi connectivity index (χ3v) is 2.48. The molecule has 0 amide bonds. The van der Waals surface area contributed by atoms with E-state index in [0.717, 1.165) is 23.1 Å². The second kappa shape index (κ2) is 2.56. The van der Waals surface area contributed by atoms with Crippen molar-refractivity contribution < 1.29 is 0 Å². The van der Waals surface area contributed by atoms with Crippen molar-refractivity contribution in [1.82, 2.24) is 9.97 Å². The molecule has 1 aliphatic carbocycles. The van der Waals surface area contributed by atoms with Gasteiger partial charge in [-0.2, -0.15) is 0 Å². The summed E-state index contributed by atoms with van der Waals surface area (Å²) in [6.45, 7) is 0. The lowest BCUT2D eigenvalue weighted by Crippen LogP contribution is -2.07. The molecule has 1 aromatic heterocycles. The Hall–Kier alpha value is -0.880. The largest absolute Gasteiger partial charge is 0.239 e. The van der Waals surface area contributed by atoms with Gasteiger partial charge < -0.3 is 0 Å². The molecule has 1 fully saturated rings. The molecule has 60 valence electrons. The average Bonchev–Trinajstić information content (AvgIpc) is 2.86. The van der Waals surface area contributed by atoms with E-state index < -0.39 is 0 Å². The number of aromatic nitrogens is 2. The van der Waals surface area contributed by atoms with Gasteiger partial charge in [-0.1, -0.05) is 5.92 Å². The molecule has 2 nitrogen and oxygen atoms in total. The lowest BCUT2D eigenvalue weighted by atomic mass is 10.1. The van der Waals surface area contributed by atoms with Crippen LogP contribution in [0.25, 0.3) is 0 Å². The average molecular weight is 223 g/mol. The molecular formula is C9H7BrN2. The van der Waals surface area contributed by atoms with Gasteiger partial charge in [-0.05, 0) is 28.8 Å². The molecule has 0 unspecified atom stereocenters. The molecule has 1 aromatic rings. The number of rotatable bonds is 1. The first-order valence-electron chi connectivity index (χ1n) is 3.73. The van der Waals surface area contributed by atoms with Crippen LogP contribution in [0.2, 0.25) is 0 Å². The van der Waals surface area contributed by atoms with Crippen LogP contribution in [0, 0.1) is 12.3 Å². The maximum atomic E-state index is 5.40. The summed E-state index contributed by atoms with van der Waals surface area (Å²) in [4.78, 5) is 8.37. The van der Waals surface area contributed by atoms with Crippen molar-refractivity contribution in [2.24, 2.45) is 0 Å². The third kappa shape index (κ3) is 1.12. The number of halogens is 1. The number of hydrogen-bond acceptors (Lipinski definition) is 2. The smallest absolute Gasteiger partial charge is 0.146 e. The summed E-state index contributed by atoms with van der Waals surface area (Å²) < 4.78 is 0.888. The Balaban J connectivity index is 2.37. The topological polar surface area (TPSA) is 25.8 Å². The van der Waals surface area contributed by atoms with Crippen LogP contribution < -0.4 is 0 Å². The Labute approximate surface area is 79.6 Å². The van der Waals surface area contributed by atoms with Crippen molar-refractivity contribution in [3.8, 4) is 12.3 Å². The summed E-state index contributed by atoms with van der Waals surface area (Å²) in [5.41, 5.74) is -0.138. The van der Waals surface area contributed by atoms with E-state index in [4.69, 9.17) is 6.42 Å². The lowest BCUT2D eigenvalue weighted by Gasteiger charge is -2.03. The molecule has 0 atom stereocenters. The van der Waals surface area contributed by atoms with E-state index in [1.165, 1.54) is 0 Å². The molecule has 1 aliphatic rings. The molecular weight excluding hydrogens is 216 g/mol. The van der Waals surface area contributed by atoms with Gasteiger partial charge in [0.25, 0.3) is 0 Å². The van der Waals surface area contributed by atoms with E-state index in [1.807, 2.05) is 0 Å². The lowest BCUT2D eigenvalue weighted by molar-refractivity contribution is 0.806. The van der Waals surface area contributed by atoms with Gasteiger partial charge in [0.2, 0.25) is 0 Å². The van der Waals surface area contributed by atoms with E-state index in [9.17, 15) is 0 Å². The Morgan fingerprint density at radius 1 is 1.42 bits per heavy atom. The van der Waals surface area contributed by atoms with Crippen molar-refractivity contribution in [1.29, 1.82) is 0 Å². The van der Waals surface area contributed by atoms with Crippen molar-refractivity contribution in [3.05, 3.63) is 22.7 Å². The Kier molecular flexibility index (Phi) is 1.66. The van der Waals surface area contributed by atoms with Gasteiger partial charge in [0.1, 0.15) is 5.82 Å². The molecule has 0 aliphatic heterocycles. The minimum absolute atomic E-state index is 0.138. The van der Waals surface area contributed by atoms with Gasteiger partial charge in [0.15, 0.2) is 0 Å². The quantitative estimate of drug-likeness (QED) is 0.679. The van der Waals surface area contributed by atoms with Crippen LogP contribution in [0.5, 0.6) is 0 Å². The van der Waals surface area contributed by atoms with Crippen LogP contribution in [-0.2, 0) is 5.41 Å². The molecule has 0 bridgehead atoms. The van der Waals surface area contributed by atoms with Gasteiger partial charge in [-0.3, -0.25) is 0 Å². The van der Waals surface area contributed by atoms with E-state index >= 15 is 0 Å². The predicted molar refractivity (Wildman–Crippen MR) is 49.5 cm³/mol. The summed E-state index contributed by atoms with van der Waals surface area (Å²) in [5, 5.41) is 0. The minimum Gasteiger partial charge on any atom is -0.239 e. The fourth-order valence-corrected chi connectivity index (χ4v) is 1.32. The fourth-order valence-electron chi connectivity index (χ4n) is 1.12. The van der Waals surface area contributed by atoms with E-state index in [0.29, 0.717) is 0 Å². The molecule has 3 heteroatoms. The van der Waals surface area contributed by atoms with Crippen LogP contribution in [-0.4, -0.2) is 9.97 Å². The summed E-state index contributed by atoms with van der Waals surface area (Å²) in [6, 6.07) is 0. The van der Waals surface area contributed by atoms with Crippen molar-refractivity contribution >= 4 is 15.9 Å². The zero-order valence-corrected chi connectivity index (χ0v) is 8.00. The Bertz CT molecular complexity index is 333. The van der Waals surface area contributed by atoms with Crippen LogP contribution in [0.4, 0.5) is 0 Å². The first-order valence-corrected chi connectivity index (χ1v) is 4.52. The zero-order valence-electron chi connectivity index (χ0n) is 6.42. The summed E-state index contributed by atoms with van der Waals surface area (Å²) in [7, 11) is 0. The molecule has 1 heterocycles. The predicted octanol–water partition coefficient (Wildman–Crippen LogP) is 1.90. The third-order valence-electron chi connectivity index (χ3n) is 2.07. The van der Waals surface area contributed by atoms with Gasteiger partial charge in [0, 0.05) is 12.4 Å². The van der Waals surface area contributed by atoms with Crippen LogP contribution in [0.3, 0.4) is 0 Å². The van der Waals surface area contributed by atoms with Crippen LogP contribution in [0.15, 0.2) is 16.9 Å². The molecule has 12 heavy (non-hydrogen) atoms. The van der Waals surface area contributed by atoms with E-state index in [2.05, 4.69) is 31.8 Å². The molecule has 1 saturated carbocycles. The number of hydrogen-bond donors (Lipinski definition) is 0. The zero-order chi connectivity index (χ0) is 8.60. The summed E-state index contributed by atoms with van der Waals surface area (Å²) in [5.74, 6) is 3.53. The SMILES string of the molecule is C#CC1(c2ncc(Br)cn2)CC1. The molecule has 0 radical (unpaired) electrons. The van der Waals surface area contributed by atoms with Crippen LogP contribution in [0.1, 0.15) is 18.7 Å². The normalized spacial score (nSPS) is 18.3. The van der Waals surface area contributed by atoms with E-state index in [-0.39, 0.29) is 5.41 Å². The number of nitrogens with zero attached hydrogens (tertiary/aromatic N) is 2. The van der Waals surface area contributed by atoms with Gasteiger partial charge in [-0.25, -0.2) is 9.97 Å². The van der Waals surface area contributed by atoms with Crippen LogP contribution >= 0.6 is 15.9 Å². The summed E-state index contributed by atoms with van der Waals surface area (Å²) >= 11 is 3.28. The van der Waals surface area contributed by atoms with Crippen molar-refractivity contribution in [2.75, 3.05) is 0 Å². The monoisotopic (exact) mass is 222 g/mol. The maximum absolute atomic E-state index is 5.40. The highest BCUT2D eigenvalue weighted by molar-refractivity contribution is 9.10. The van der Waals surface area contributed by atoms with E-state index in [1.54, 1.807) is 12.4 Å². The Morgan fingerprint density at radius 2 is 2.00 bits per heavy atom. The minimum atomic E-state index is -0.138. The Morgan fingerprint density at radius 3 is 2.42 bits per heavy atom. The van der Waals surface area contributed by atoms with Gasteiger partial charge in [0.05, 0.1) is 9.89 Å². The highest BCUT2D eigenvalue weighted by Gasteiger charge is 2.45. The second-order valence-electron chi connectivity index (χ2n) is 2.95. The fraction of sp³-hybridized carbons (Fsp3) is 0.333. The first-order chi connectivity index (χ1) is 5.77. The van der Waals surface area contributed by atoms with Gasteiger partial charge >= 0.3 is 0 Å². The number of terminal acetylenes is 1.